The largest absolute Gasteiger partial charge is 0.508 e. The number of cyclic esters (lactones) is 1. The highest BCUT2D eigenvalue weighted by molar-refractivity contribution is 5.89. The van der Waals surface area contributed by atoms with Crippen molar-refractivity contribution >= 4 is 11.8 Å². The number of aliphatic hydroxyl groups is 1. The molecule has 0 radical (unpaired) electrons. The maximum atomic E-state index is 12.4. The number of nitrogens with zero attached hydrogens (tertiary/aromatic N) is 2. The number of anilines is 1. The van der Waals surface area contributed by atoms with Crippen LogP contribution in [-0.2, 0) is 11.3 Å². The van der Waals surface area contributed by atoms with E-state index in [1.165, 1.54) is 0 Å². The number of benzene rings is 2. The van der Waals surface area contributed by atoms with E-state index < -0.39 is 0 Å². The molecule has 1 saturated heterocycles. The van der Waals surface area contributed by atoms with Gasteiger partial charge in [0.25, 0.3) is 0 Å². The molecule has 1 unspecified atom stereocenters. The van der Waals surface area contributed by atoms with Gasteiger partial charge in [-0.3, -0.25) is 9.80 Å². The monoisotopic (exact) mass is 396 g/mol. The number of hydrogen-bond donors (Lipinski definition) is 2. The van der Waals surface area contributed by atoms with Gasteiger partial charge in [-0.1, -0.05) is 30.3 Å². The summed E-state index contributed by atoms with van der Waals surface area (Å²) >= 11 is 0. The van der Waals surface area contributed by atoms with Crippen molar-refractivity contribution in [3.63, 3.8) is 0 Å². The summed E-state index contributed by atoms with van der Waals surface area (Å²) in [5, 5.41) is 19.7. The summed E-state index contributed by atoms with van der Waals surface area (Å²) in [7, 11) is 0. The first kappa shape index (κ1) is 19.7. The van der Waals surface area contributed by atoms with E-state index in [-0.39, 0.29) is 24.1 Å². The van der Waals surface area contributed by atoms with Gasteiger partial charge in [0, 0.05) is 24.8 Å². The molecule has 0 bridgehead atoms. The van der Waals surface area contributed by atoms with Crippen LogP contribution < -0.4 is 4.90 Å². The Morgan fingerprint density at radius 2 is 1.79 bits per heavy atom. The summed E-state index contributed by atoms with van der Waals surface area (Å²) in [6, 6.07) is 17.2. The summed E-state index contributed by atoms with van der Waals surface area (Å²) in [6.07, 6.45) is 2.69. The second-order valence-electron chi connectivity index (χ2n) is 8.01. The molecule has 0 aromatic heterocycles. The molecule has 154 valence electrons. The number of hydrogen-bond acceptors (Lipinski definition) is 5. The number of carbonyl (C=O) groups is 1. The summed E-state index contributed by atoms with van der Waals surface area (Å²) in [4.78, 5) is 16.4. The summed E-state index contributed by atoms with van der Waals surface area (Å²) in [6.45, 7) is 1.83. The minimum absolute atomic E-state index is 0.216. The van der Waals surface area contributed by atoms with Crippen molar-refractivity contribution in [2.45, 2.75) is 50.5 Å². The number of aromatic hydroxyl groups is 1. The predicted molar refractivity (Wildman–Crippen MR) is 111 cm³/mol. The van der Waals surface area contributed by atoms with Gasteiger partial charge in [-0.2, -0.15) is 0 Å². The lowest BCUT2D eigenvalue weighted by atomic mass is 9.91. The zero-order valence-electron chi connectivity index (χ0n) is 16.5. The van der Waals surface area contributed by atoms with E-state index in [1.807, 2.05) is 42.5 Å². The SMILES string of the molecule is O=C1OC(CN(Cc2cccc(O)c2)C2CCC(O)CC2)CN1c1ccccc1. The Morgan fingerprint density at radius 1 is 1.03 bits per heavy atom. The van der Waals surface area contributed by atoms with Crippen LogP contribution >= 0.6 is 0 Å². The van der Waals surface area contributed by atoms with E-state index in [2.05, 4.69) is 4.90 Å². The number of phenolic OH excluding ortho intramolecular Hbond substituents is 1. The lowest BCUT2D eigenvalue weighted by Gasteiger charge is -2.36. The third-order valence-corrected chi connectivity index (χ3v) is 5.86. The fourth-order valence-electron chi connectivity index (χ4n) is 4.35. The van der Waals surface area contributed by atoms with Crippen LogP contribution in [0.25, 0.3) is 0 Å². The Bertz CT molecular complexity index is 821. The van der Waals surface area contributed by atoms with Crippen LogP contribution in [0.3, 0.4) is 0 Å². The zero-order valence-corrected chi connectivity index (χ0v) is 16.5. The lowest BCUT2D eigenvalue weighted by Crippen LogP contribution is -2.43. The number of para-hydroxylation sites is 1. The van der Waals surface area contributed by atoms with E-state index >= 15 is 0 Å². The van der Waals surface area contributed by atoms with Crippen molar-refractivity contribution in [1.29, 1.82) is 0 Å². The molecule has 1 aliphatic heterocycles. The molecule has 2 aliphatic rings. The van der Waals surface area contributed by atoms with Crippen LogP contribution in [-0.4, -0.2) is 52.5 Å². The van der Waals surface area contributed by atoms with E-state index in [9.17, 15) is 15.0 Å². The summed E-state index contributed by atoms with van der Waals surface area (Å²) in [5.74, 6) is 0.254. The highest BCUT2D eigenvalue weighted by atomic mass is 16.6. The Hall–Kier alpha value is -2.57. The molecular formula is C23H28N2O4. The van der Waals surface area contributed by atoms with Crippen molar-refractivity contribution in [2.24, 2.45) is 0 Å². The smallest absolute Gasteiger partial charge is 0.414 e. The molecule has 1 heterocycles. The molecule has 2 aromatic carbocycles. The van der Waals surface area contributed by atoms with Crippen molar-refractivity contribution in [2.75, 3.05) is 18.0 Å². The maximum absolute atomic E-state index is 12.4. The number of rotatable bonds is 6. The van der Waals surface area contributed by atoms with E-state index in [4.69, 9.17) is 4.74 Å². The van der Waals surface area contributed by atoms with E-state index in [1.54, 1.807) is 17.0 Å². The number of phenols is 1. The average Bonchev–Trinajstić information content (AvgIpc) is 3.09. The molecule has 6 nitrogen and oxygen atoms in total. The van der Waals surface area contributed by atoms with Gasteiger partial charge in [0.05, 0.1) is 12.6 Å². The summed E-state index contributed by atoms with van der Waals surface area (Å²) < 4.78 is 5.68. The van der Waals surface area contributed by atoms with Crippen LogP contribution in [0.1, 0.15) is 31.2 Å². The Balaban J connectivity index is 1.47. The molecule has 29 heavy (non-hydrogen) atoms. The number of ether oxygens (including phenoxy) is 1. The molecule has 2 aromatic rings. The predicted octanol–water partition coefficient (Wildman–Crippen LogP) is 3.52. The molecule has 4 rings (SSSR count). The van der Waals surface area contributed by atoms with E-state index in [0.717, 1.165) is 36.9 Å². The number of aliphatic hydroxyl groups excluding tert-OH is 1. The fourth-order valence-corrected chi connectivity index (χ4v) is 4.35. The van der Waals surface area contributed by atoms with Crippen LogP contribution in [0.2, 0.25) is 0 Å². The van der Waals surface area contributed by atoms with E-state index in [0.29, 0.717) is 25.7 Å². The Morgan fingerprint density at radius 3 is 2.52 bits per heavy atom. The number of amides is 1. The van der Waals surface area contributed by atoms with Crippen LogP contribution in [0.15, 0.2) is 54.6 Å². The third-order valence-electron chi connectivity index (χ3n) is 5.86. The van der Waals surface area contributed by atoms with Gasteiger partial charge in [0.15, 0.2) is 0 Å². The molecule has 1 amide bonds. The van der Waals surface area contributed by atoms with Gasteiger partial charge in [-0.05, 0) is 55.5 Å². The van der Waals surface area contributed by atoms with Crippen LogP contribution in [0, 0.1) is 0 Å². The molecule has 1 aliphatic carbocycles. The number of carbonyl (C=O) groups excluding carboxylic acids is 1. The van der Waals surface area contributed by atoms with Gasteiger partial charge in [-0.25, -0.2) is 4.79 Å². The molecule has 0 spiro atoms. The van der Waals surface area contributed by atoms with Gasteiger partial charge in [0.2, 0.25) is 0 Å². The van der Waals surface area contributed by atoms with Gasteiger partial charge in [0.1, 0.15) is 11.9 Å². The normalized spacial score (nSPS) is 24.7. The topological polar surface area (TPSA) is 73.2 Å². The second kappa shape index (κ2) is 8.84. The second-order valence-corrected chi connectivity index (χ2v) is 8.01. The molecule has 6 heteroatoms. The minimum atomic E-state index is -0.308. The highest BCUT2D eigenvalue weighted by Gasteiger charge is 2.35. The Labute approximate surface area is 171 Å². The molecular weight excluding hydrogens is 368 g/mol. The van der Waals surface area contributed by atoms with Crippen LogP contribution in [0.4, 0.5) is 10.5 Å². The first-order valence-electron chi connectivity index (χ1n) is 10.3. The quantitative estimate of drug-likeness (QED) is 0.782. The fraction of sp³-hybridized carbons (Fsp3) is 0.435. The molecule has 1 saturated carbocycles. The minimum Gasteiger partial charge on any atom is -0.508 e. The van der Waals surface area contributed by atoms with Crippen LogP contribution in [0.5, 0.6) is 5.75 Å². The van der Waals surface area contributed by atoms with Crippen molar-refractivity contribution < 1.29 is 19.7 Å². The Kier molecular flexibility index (Phi) is 6.02. The molecule has 2 fully saturated rings. The maximum Gasteiger partial charge on any atom is 0.414 e. The zero-order chi connectivity index (χ0) is 20.2. The standard InChI is InChI=1S/C23H28N2O4/c26-20-11-9-18(10-12-20)24(14-17-5-4-8-21(27)13-17)15-22-16-25(23(28)29-22)19-6-2-1-3-7-19/h1-8,13,18,20,22,26-27H,9-12,14-16H2. The van der Waals surface area contributed by atoms with Gasteiger partial charge in [-0.15, -0.1) is 0 Å². The molecule has 1 atom stereocenters. The van der Waals surface area contributed by atoms with Crippen molar-refractivity contribution in [1.82, 2.24) is 4.90 Å². The van der Waals surface area contributed by atoms with Gasteiger partial charge >= 0.3 is 6.09 Å². The first-order chi connectivity index (χ1) is 14.1. The lowest BCUT2D eigenvalue weighted by molar-refractivity contribution is 0.0442. The van der Waals surface area contributed by atoms with Crippen molar-refractivity contribution in [3.05, 3.63) is 60.2 Å². The van der Waals surface area contributed by atoms with Gasteiger partial charge < -0.3 is 14.9 Å². The highest BCUT2D eigenvalue weighted by Crippen LogP contribution is 2.28. The summed E-state index contributed by atoms with van der Waals surface area (Å²) in [5.41, 5.74) is 1.88. The van der Waals surface area contributed by atoms with Crippen molar-refractivity contribution in [3.8, 4) is 5.75 Å². The average molecular weight is 396 g/mol. The first-order valence-corrected chi connectivity index (χ1v) is 10.3. The molecule has 2 N–H and O–H groups in total. The third kappa shape index (κ3) is 4.89.